The summed E-state index contributed by atoms with van der Waals surface area (Å²) >= 11 is 6.57. The standard InChI is InChI=1S/C23H21ClN4O2/c1-12-9-14(23(2,3)4)15(24)10-13(12)18-11-19(29)20-16(27-18)5-7-25-21(20)17-6-8-26-22(30)28-17/h5-11H,1-4H3,(H,27,29)(H,26,28,30). The van der Waals surface area contributed by atoms with Gasteiger partial charge in [-0.3, -0.25) is 9.78 Å². The van der Waals surface area contributed by atoms with Crippen molar-refractivity contribution >= 4 is 22.5 Å². The highest BCUT2D eigenvalue weighted by Gasteiger charge is 2.20. The van der Waals surface area contributed by atoms with Crippen molar-refractivity contribution in [2.75, 3.05) is 0 Å². The Morgan fingerprint density at radius 1 is 1.07 bits per heavy atom. The summed E-state index contributed by atoms with van der Waals surface area (Å²) in [5.41, 5.74) is 4.13. The zero-order valence-corrected chi connectivity index (χ0v) is 17.9. The molecule has 7 heteroatoms. The fourth-order valence-electron chi connectivity index (χ4n) is 3.59. The van der Waals surface area contributed by atoms with E-state index in [1.807, 2.05) is 13.0 Å². The number of benzene rings is 1. The van der Waals surface area contributed by atoms with Gasteiger partial charge in [0.05, 0.1) is 22.3 Å². The molecule has 0 spiro atoms. The fourth-order valence-corrected chi connectivity index (χ4v) is 4.04. The summed E-state index contributed by atoms with van der Waals surface area (Å²) in [6, 6.07) is 8.85. The van der Waals surface area contributed by atoms with Crippen LogP contribution in [0.4, 0.5) is 0 Å². The molecule has 0 amide bonds. The minimum absolute atomic E-state index is 0.0851. The number of rotatable bonds is 2. The first-order chi connectivity index (χ1) is 14.1. The summed E-state index contributed by atoms with van der Waals surface area (Å²) < 4.78 is 0. The van der Waals surface area contributed by atoms with E-state index < -0.39 is 5.69 Å². The molecule has 0 atom stereocenters. The van der Waals surface area contributed by atoms with Gasteiger partial charge in [-0.05, 0) is 41.7 Å². The Bertz CT molecular complexity index is 1400. The molecule has 152 valence electrons. The van der Waals surface area contributed by atoms with E-state index >= 15 is 0 Å². The normalized spacial score (nSPS) is 11.8. The van der Waals surface area contributed by atoms with E-state index in [-0.39, 0.29) is 10.8 Å². The first-order valence-electron chi connectivity index (χ1n) is 9.54. The number of pyridine rings is 2. The van der Waals surface area contributed by atoms with E-state index in [4.69, 9.17) is 11.6 Å². The second-order valence-corrected chi connectivity index (χ2v) is 8.71. The van der Waals surface area contributed by atoms with Crippen LogP contribution >= 0.6 is 11.6 Å². The summed E-state index contributed by atoms with van der Waals surface area (Å²) in [5, 5.41) is 1.04. The van der Waals surface area contributed by atoms with Crippen LogP contribution in [0.2, 0.25) is 5.02 Å². The predicted octanol–water partition coefficient (Wildman–Crippen LogP) is 4.60. The fraction of sp³-hybridized carbons (Fsp3) is 0.217. The second kappa shape index (κ2) is 7.22. The van der Waals surface area contributed by atoms with Crippen LogP contribution < -0.4 is 11.1 Å². The molecule has 0 radical (unpaired) electrons. The third-order valence-corrected chi connectivity index (χ3v) is 5.38. The van der Waals surface area contributed by atoms with Crippen LogP contribution in [0.5, 0.6) is 0 Å². The Labute approximate surface area is 178 Å². The van der Waals surface area contributed by atoms with Gasteiger partial charge >= 0.3 is 5.69 Å². The summed E-state index contributed by atoms with van der Waals surface area (Å²) in [6.07, 6.45) is 3.07. The molecule has 0 saturated carbocycles. The summed E-state index contributed by atoms with van der Waals surface area (Å²) in [4.78, 5) is 38.7. The lowest BCUT2D eigenvalue weighted by Gasteiger charge is -2.22. The summed E-state index contributed by atoms with van der Waals surface area (Å²) in [7, 11) is 0. The highest BCUT2D eigenvalue weighted by Crippen LogP contribution is 2.35. The van der Waals surface area contributed by atoms with Gasteiger partial charge in [0.25, 0.3) is 0 Å². The highest BCUT2D eigenvalue weighted by atomic mass is 35.5. The second-order valence-electron chi connectivity index (χ2n) is 8.31. The molecule has 2 N–H and O–H groups in total. The zero-order chi connectivity index (χ0) is 21.6. The van der Waals surface area contributed by atoms with Gasteiger partial charge in [0, 0.05) is 29.0 Å². The van der Waals surface area contributed by atoms with E-state index in [1.165, 1.54) is 12.3 Å². The Morgan fingerprint density at radius 3 is 2.53 bits per heavy atom. The molecule has 3 heterocycles. The Hall–Kier alpha value is -3.25. The Morgan fingerprint density at radius 2 is 1.83 bits per heavy atom. The number of nitrogens with zero attached hydrogens (tertiary/aromatic N) is 2. The molecule has 6 nitrogen and oxygen atoms in total. The molecule has 0 aliphatic carbocycles. The van der Waals surface area contributed by atoms with Gasteiger partial charge in [0.15, 0.2) is 5.43 Å². The van der Waals surface area contributed by atoms with Crippen molar-refractivity contribution in [2.45, 2.75) is 33.1 Å². The molecular formula is C23H21ClN4O2. The van der Waals surface area contributed by atoms with Crippen LogP contribution in [0.3, 0.4) is 0 Å². The maximum absolute atomic E-state index is 13.1. The van der Waals surface area contributed by atoms with E-state index in [0.29, 0.717) is 33.0 Å². The van der Waals surface area contributed by atoms with Gasteiger partial charge in [-0.25, -0.2) is 4.79 Å². The van der Waals surface area contributed by atoms with Crippen molar-refractivity contribution in [2.24, 2.45) is 0 Å². The van der Waals surface area contributed by atoms with E-state index in [2.05, 4.69) is 46.8 Å². The molecule has 0 saturated heterocycles. The van der Waals surface area contributed by atoms with Crippen molar-refractivity contribution in [1.29, 1.82) is 0 Å². The van der Waals surface area contributed by atoms with E-state index in [9.17, 15) is 9.59 Å². The largest absolute Gasteiger partial charge is 0.354 e. The number of nitrogens with one attached hydrogen (secondary N) is 2. The smallest absolute Gasteiger partial charge is 0.345 e. The van der Waals surface area contributed by atoms with Crippen molar-refractivity contribution in [3.05, 3.63) is 79.6 Å². The van der Waals surface area contributed by atoms with Gasteiger partial charge in [-0.1, -0.05) is 38.4 Å². The topological polar surface area (TPSA) is 91.5 Å². The molecule has 30 heavy (non-hydrogen) atoms. The first-order valence-corrected chi connectivity index (χ1v) is 9.92. The number of halogens is 1. The number of fused-ring (bicyclic) bond motifs is 1. The predicted molar refractivity (Wildman–Crippen MR) is 120 cm³/mol. The van der Waals surface area contributed by atoms with Crippen LogP contribution in [0.15, 0.2) is 52.3 Å². The number of hydrogen-bond acceptors (Lipinski definition) is 4. The van der Waals surface area contributed by atoms with Crippen LogP contribution in [-0.4, -0.2) is 19.9 Å². The SMILES string of the molecule is Cc1cc(C(C)(C)C)c(Cl)cc1-c1cc(=O)c2c(-c3cc[nH]c(=O)n3)nccc2[nH]1. The lowest BCUT2D eigenvalue weighted by atomic mass is 9.85. The molecule has 0 aliphatic heterocycles. The monoisotopic (exact) mass is 420 g/mol. The van der Waals surface area contributed by atoms with Crippen molar-refractivity contribution in [3.63, 3.8) is 0 Å². The van der Waals surface area contributed by atoms with Crippen LogP contribution in [-0.2, 0) is 5.41 Å². The van der Waals surface area contributed by atoms with E-state index in [1.54, 1.807) is 18.3 Å². The molecule has 0 aliphatic rings. The van der Waals surface area contributed by atoms with Crippen molar-refractivity contribution < 1.29 is 0 Å². The molecule has 0 unspecified atom stereocenters. The van der Waals surface area contributed by atoms with Gasteiger partial charge in [0.2, 0.25) is 0 Å². The number of H-pyrrole nitrogens is 2. The number of aromatic amines is 2. The van der Waals surface area contributed by atoms with E-state index in [0.717, 1.165) is 16.7 Å². The lowest BCUT2D eigenvalue weighted by molar-refractivity contribution is 0.590. The number of aromatic nitrogens is 4. The van der Waals surface area contributed by atoms with Crippen LogP contribution in [0.1, 0.15) is 31.9 Å². The maximum Gasteiger partial charge on any atom is 0.345 e. The van der Waals surface area contributed by atoms with Gasteiger partial charge in [-0.15, -0.1) is 0 Å². The molecule has 0 bridgehead atoms. The summed E-state index contributed by atoms with van der Waals surface area (Å²) in [5.74, 6) is 0. The van der Waals surface area contributed by atoms with Gasteiger partial charge in [0.1, 0.15) is 5.69 Å². The number of hydrogen-bond donors (Lipinski definition) is 2. The lowest BCUT2D eigenvalue weighted by Crippen LogP contribution is -2.13. The third kappa shape index (κ3) is 3.55. The molecule has 1 aromatic carbocycles. The maximum atomic E-state index is 13.1. The molecule has 4 aromatic rings. The van der Waals surface area contributed by atoms with Crippen LogP contribution in [0.25, 0.3) is 33.5 Å². The van der Waals surface area contributed by atoms with Crippen LogP contribution in [0, 0.1) is 6.92 Å². The quantitative estimate of drug-likeness (QED) is 0.495. The minimum atomic E-state index is -0.497. The van der Waals surface area contributed by atoms with Crippen molar-refractivity contribution in [1.82, 2.24) is 19.9 Å². The Balaban J connectivity index is 1.93. The molecule has 0 fully saturated rings. The number of aryl methyl sites for hydroxylation is 1. The van der Waals surface area contributed by atoms with Gasteiger partial charge in [-0.2, -0.15) is 4.98 Å². The third-order valence-electron chi connectivity index (χ3n) is 5.07. The highest BCUT2D eigenvalue weighted by molar-refractivity contribution is 6.31. The molecular weight excluding hydrogens is 400 g/mol. The molecule has 3 aromatic heterocycles. The minimum Gasteiger partial charge on any atom is -0.354 e. The zero-order valence-electron chi connectivity index (χ0n) is 17.1. The first kappa shape index (κ1) is 20.0. The van der Waals surface area contributed by atoms with Gasteiger partial charge < -0.3 is 9.97 Å². The average Bonchev–Trinajstić information content (AvgIpc) is 2.68. The Kier molecular flexibility index (Phi) is 4.82. The van der Waals surface area contributed by atoms with Crippen molar-refractivity contribution in [3.8, 4) is 22.6 Å². The molecule has 4 rings (SSSR count). The average molecular weight is 421 g/mol. The summed E-state index contributed by atoms with van der Waals surface area (Å²) in [6.45, 7) is 8.34.